The van der Waals surface area contributed by atoms with Crippen molar-refractivity contribution in [1.82, 2.24) is 4.98 Å². The summed E-state index contributed by atoms with van der Waals surface area (Å²) in [5, 5.41) is -0.426. The molecule has 0 spiro atoms. The van der Waals surface area contributed by atoms with E-state index in [2.05, 4.69) is 4.98 Å². The Morgan fingerprint density at radius 1 is 1.43 bits per heavy atom. The van der Waals surface area contributed by atoms with Gasteiger partial charge in [-0.25, -0.2) is 22.2 Å². The lowest BCUT2D eigenvalue weighted by atomic mass is 10.3. The number of hydrogen-bond acceptors (Lipinski definition) is 3. The van der Waals surface area contributed by atoms with E-state index in [-0.39, 0.29) is 0 Å². The van der Waals surface area contributed by atoms with Gasteiger partial charge in [-0.2, -0.15) is 0 Å². The molecule has 0 aromatic carbocycles. The zero-order valence-corrected chi connectivity index (χ0v) is 8.74. The lowest BCUT2D eigenvalue weighted by molar-refractivity contribution is 0.150. The number of halogens is 4. The number of nitrogens with zero attached hydrogens (tertiary/aromatic N) is 1. The van der Waals surface area contributed by atoms with Crippen LogP contribution in [0.2, 0.25) is 5.15 Å². The van der Waals surface area contributed by atoms with Gasteiger partial charge in [0.1, 0.15) is 10.0 Å². The van der Waals surface area contributed by atoms with Crippen LogP contribution in [0.3, 0.4) is 0 Å². The molecule has 0 amide bonds. The molecular weight excluding hydrogens is 259 g/mol. The van der Waals surface area contributed by atoms with E-state index >= 15 is 0 Å². The van der Waals surface area contributed by atoms with E-state index in [4.69, 9.17) is 22.3 Å². The van der Waals surface area contributed by atoms with E-state index in [1.165, 1.54) is 0 Å². The van der Waals surface area contributed by atoms with Crippen LogP contribution in [-0.2, 0) is 9.05 Å². The lowest BCUT2D eigenvalue weighted by Crippen LogP contribution is -1.97. The molecule has 0 saturated carbocycles. The van der Waals surface area contributed by atoms with Gasteiger partial charge >= 0.3 is 0 Å². The van der Waals surface area contributed by atoms with Crippen molar-refractivity contribution >= 4 is 31.3 Å². The Labute approximate surface area is 88.1 Å². The Kier molecular flexibility index (Phi) is 3.28. The maximum absolute atomic E-state index is 12.1. The van der Waals surface area contributed by atoms with Crippen LogP contribution in [0.25, 0.3) is 0 Å². The smallest absolute Gasteiger partial charge is 0.243 e. The van der Waals surface area contributed by atoms with Gasteiger partial charge in [0.05, 0.1) is 0 Å². The Morgan fingerprint density at radius 2 is 2.00 bits per heavy atom. The molecule has 1 heterocycles. The maximum Gasteiger partial charge on any atom is 0.265 e. The number of alkyl halides is 2. The summed E-state index contributed by atoms with van der Waals surface area (Å²) in [6, 6.07) is 0.697. The van der Waals surface area contributed by atoms with Crippen molar-refractivity contribution in [2.75, 3.05) is 0 Å². The Bertz CT molecular complexity index is 449. The molecular formula is C6H3Cl2F2NO2S. The Hall–Kier alpha value is -0.460. The van der Waals surface area contributed by atoms with E-state index in [1.54, 1.807) is 0 Å². The number of aromatic nitrogens is 1. The minimum atomic E-state index is -4.15. The highest BCUT2D eigenvalue weighted by atomic mass is 35.7. The molecule has 0 aliphatic rings. The summed E-state index contributed by atoms with van der Waals surface area (Å²) in [5.41, 5.74) is -0.548. The van der Waals surface area contributed by atoms with Crippen molar-refractivity contribution in [3.8, 4) is 0 Å². The van der Waals surface area contributed by atoms with Gasteiger partial charge in [-0.15, -0.1) is 0 Å². The monoisotopic (exact) mass is 261 g/mol. The first kappa shape index (κ1) is 11.6. The second kappa shape index (κ2) is 3.96. The fourth-order valence-corrected chi connectivity index (χ4v) is 2.14. The van der Waals surface area contributed by atoms with Crippen LogP contribution >= 0.6 is 22.3 Å². The summed E-state index contributed by atoms with van der Waals surface area (Å²) < 4.78 is 45.9. The van der Waals surface area contributed by atoms with Gasteiger partial charge in [-0.3, -0.25) is 0 Å². The van der Waals surface area contributed by atoms with Gasteiger partial charge < -0.3 is 0 Å². The predicted molar refractivity (Wildman–Crippen MR) is 47.2 cm³/mol. The van der Waals surface area contributed by atoms with Gasteiger partial charge in [0.25, 0.3) is 15.5 Å². The van der Waals surface area contributed by atoms with E-state index in [0.29, 0.717) is 6.07 Å². The molecule has 0 saturated heterocycles. The average Bonchev–Trinajstić information content (AvgIpc) is 2.02. The predicted octanol–water partition coefficient (Wildman–Crippen LogP) is 2.60. The van der Waals surface area contributed by atoms with Gasteiger partial charge in [-0.1, -0.05) is 11.6 Å². The van der Waals surface area contributed by atoms with E-state index in [1.807, 2.05) is 0 Å². The second-order valence-electron chi connectivity index (χ2n) is 2.30. The number of rotatable bonds is 2. The third-order valence-electron chi connectivity index (χ3n) is 1.34. The molecule has 0 radical (unpaired) electrons. The first-order chi connectivity index (χ1) is 6.32. The van der Waals surface area contributed by atoms with E-state index in [0.717, 1.165) is 6.20 Å². The minimum Gasteiger partial charge on any atom is -0.243 e. The molecule has 0 N–H and O–H groups in total. The molecule has 0 unspecified atom stereocenters. The molecule has 0 bridgehead atoms. The van der Waals surface area contributed by atoms with Crippen LogP contribution < -0.4 is 0 Å². The summed E-state index contributed by atoms with van der Waals surface area (Å²) >= 11 is 5.37. The zero-order chi connectivity index (χ0) is 10.9. The maximum atomic E-state index is 12.1. The SMILES string of the molecule is O=S(=O)(Cl)c1cc(C(F)F)cnc1Cl. The third-order valence-corrected chi connectivity index (χ3v) is 3.09. The third kappa shape index (κ3) is 2.52. The van der Waals surface area contributed by atoms with Crippen molar-refractivity contribution < 1.29 is 17.2 Å². The standard InChI is InChI=1S/C6H3Cl2F2NO2S/c7-5-4(14(8,12)13)1-3(2-11-5)6(9)10/h1-2,6H. The zero-order valence-electron chi connectivity index (χ0n) is 6.42. The van der Waals surface area contributed by atoms with Crippen LogP contribution in [0.1, 0.15) is 12.0 Å². The fraction of sp³-hybridized carbons (Fsp3) is 0.167. The first-order valence-electron chi connectivity index (χ1n) is 3.20. The normalized spacial score (nSPS) is 12.1. The van der Waals surface area contributed by atoms with Crippen LogP contribution in [0.15, 0.2) is 17.2 Å². The quantitative estimate of drug-likeness (QED) is 0.608. The van der Waals surface area contributed by atoms with Crippen molar-refractivity contribution in [1.29, 1.82) is 0 Å². The summed E-state index contributed by atoms with van der Waals surface area (Å²) in [5.74, 6) is 0. The molecule has 8 heteroatoms. The minimum absolute atomic E-state index is 0.426. The molecule has 78 valence electrons. The number of pyridine rings is 1. The van der Waals surface area contributed by atoms with Gasteiger partial charge in [-0.05, 0) is 6.07 Å². The van der Waals surface area contributed by atoms with Crippen LogP contribution in [0.4, 0.5) is 8.78 Å². The van der Waals surface area contributed by atoms with Crippen molar-refractivity contribution in [3.63, 3.8) is 0 Å². The Balaban J connectivity index is 3.37. The topological polar surface area (TPSA) is 47.0 Å². The van der Waals surface area contributed by atoms with Crippen molar-refractivity contribution in [2.45, 2.75) is 11.3 Å². The summed E-state index contributed by atoms with van der Waals surface area (Å²) in [6.07, 6.45) is -2.03. The summed E-state index contributed by atoms with van der Waals surface area (Å²) in [7, 11) is 0.798. The highest BCUT2D eigenvalue weighted by Crippen LogP contribution is 2.27. The molecule has 0 fully saturated rings. The molecule has 0 atom stereocenters. The highest BCUT2D eigenvalue weighted by molar-refractivity contribution is 8.13. The van der Waals surface area contributed by atoms with Crippen LogP contribution in [0, 0.1) is 0 Å². The number of hydrogen-bond donors (Lipinski definition) is 0. The first-order valence-corrected chi connectivity index (χ1v) is 5.89. The molecule has 0 aliphatic heterocycles. The van der Waals surface area contributed by atoms with Gasteiger partial charge in [0.2, 0.25) is 0 Å². The van der Waals surface area contributed by atoms with E-state index in [9.17, 15) is 17.2 Å². The molecule has 14 heavy (non-hydrogen) atoms. The molecule has 1 aromatic heterocycles. The Morgan fingerprint density at radius 3 is 2.43 bits per heavy atom. The van der Waals surface area contributed by atoms with Gasteiger partial charge in [0, 0.05) is 22.4 Å². The summed E-state index contributed by atoms with van der Waals surface area (Å²) in [6.45, 7) is 0. The van der Waals surface area contributed by atoms with Gasteiger partial charge in [0.15, 0.2) is 0 Å². The second-order valence-corrected chi connectivity index (χ2v) is 5.19. The van der Waals surface area contributed by atoms with Crippen molar-refractivity contribution in [2.24, 2.45) is 0 Å². The molecule has 3 nitrogen and oxygen atoms in total. The highest BCUT2D eigenvalue weighted by Gasteiger charge is 2.19. The lowest BCUT2D eigenvalue weighted by Gasteiger charge is -2.02. The van der Waals surface area contributed by atoms with Crippen molar-refractivity contribution in [3.05, 3.63) is 23.0 Å². The average molecular weight is 262 g/mol. The summed E-state index contributed by atoms with van der Waals surface area (Å²) in [4.78, 5) is 2.68. The molecule has 1 aromatic rings. The van der Waals surface area contributed by atoms with Crippen LogP contribution in [0.5, 0.6) is 0 Å². The molecule has 0 aliphatic carbocycles. The molecule has 1 rings (SSSR count). The fourth-order valence-electron chi connectivity index (χ4n) is 0.733. The van der Waals surface area contributed by atoms with E-state index < -0.39 is 31.1 Å². The largest absolute Gasteiger partial charge is 0.265 e. The van der Waals surface area contributed by atoms with Crippen LogP contribution in [-0.4, -0.2) is 13.4 Å².